The zero-order valence-electron chi connectivity index (χ0n) is 46.8. The van der Waals surface area contributed by atoms with E-state index < -0.39 is 5.41 Å². The second-order valence-electron chi connectivity index (χ2n) is 21.0. The van der Waals surface area contributed by atoms with Gasteiger partial charge >= 0.3 is 0 Å². The fourth-order valence-electron chi connectivity index (χ4n) is 8.32. The lowest BCUT2D eigenvalue weighted by Crippen LogP contribution is -2.45. The zero-order chi connectivity index (χ0) is 57.3. The summed E-state index contributed by atoms with van der Waals surface area (Å²) in [6.45, 7) is 3.69. The summed E-state index contributed by atoms with van der Waals surface area (Å²) < 4.78 is 50.5. The minimum absolute atomic E-state index is 0.185. The highest BCUT2D eigenvalue weighted by Crippen LogP contribution is 2.35. The molecular weight excluding hydrogens is 1140 g/mol. The summed E-state index contributed by atoms with van der Waals surface area (Å²) in [6.07, 6.45) is 7.39. The Labute approximate surface area is 513 Å². The van der Waals surface area contributed by atoms with Crippen LogP contribution in [0, 0.1) is 5.41 Å². The van der Waals surface area contributed by atoms with E-state index in [-0.39, 0.29) is 26.4 Å². The van der Waals surface area contributed by atoms with Crippen molar-refractivity contribution in [2.24, 2.45) is 25.4 Å². The second kappa shape index (κ2) is 28.9. The highest BCUT2D eigenvalue weighted by molar-refractivity contribution is 8.07. The maximum atomic E-state index is 6.71. The monoisotopic (exact) mass is 1200 g/mol. The molecule has 4 saturated heterocycles. The number of ether oxygens (including phenoxy) is 8. The van der Waals surface area contributed by atoms with E-state index >= 15 is 0 Å². The van der Waals surface area contributed by atoms with Gasteiger partial charge in [-0.15, -0.1) is 0 Å². The first-order valence-corrected chi connectivity index (χ1v) is 32.6. The number of benzene rings is 8. The first-order chi connectivity index (χ1) is 41.9. The molecule has 4 aliphatic rings. The van der Waals surface area contributed by atoms with E-state index in [2.05, 4.69) is 0 Å². The van der Waals surface area contributed by atoms with Crippen molar-refractivity contribution in [1.29, 1.82) is 0 Å². The van der Waals surface area contributed by atoms with Crippen molar-refractivity contribution >= 4 is 94.7 Å². The summed E-state index contributed by atoms with van der Waals surface area (Å²) in [5, 5.41) is 2.45. The highest BCUT2D eigenvalue weighted by atomic mass is 32.2. The molecule has 12 nitrogen and oxygen atoms in total. The van der Waals surface area contributed by atoms with Gasteiger partial charge in [-0.05, 0) is 216 Å². The lowest BCUT2D eigenvalue weighted by molar-refractivity contribution is -0.00351. The van der Waals surface area contributed by atoms with Crippen LogP contribution in [0.15, 0.2) is 214 Å². The van der Waals surface area contributed by atoms with Crippen molar-refractivity contribution in [3.63, 3.8) is 0 Å². The predicted octanol–water partition coefficient (Wildman–Crippen LogP) is 15.3. The summed E-state index contributed by atoms with van der Waals surface area (Å²) in [6, 6.07) is 63.0. The van der Waals surface area contributed by atoms with Crippen LogP contribution in [-0.4, -0.2) is 122 Å². The molecule has 0 radical (unpaired) electrons. The molecule has 4 unspecified atom stereocenters. The molecule has 4 heterocycles. The van der Waals surface area contributed by atoms with Gasteiger partial charge in [-0.25, -0.2) is 0 Å². The van der Waals surface area contributed by atoms with Crippen LogP contribution in [0.3, 0.4) is 0 Å². The van der Waals surface area contributed by atoms with E-state index in [1.807, 2.05) is 266 Å². The average molecular weight is 1210 g/mol. The van der Waals surface area contributed by atoms with Gasteiger partial charge in [0.1, 0.15) is 104 Å². The Morgan fingerprint density at radius 3 is 0.635 bits per heavy atom. The van der Waals surface area contributed by atoms with Gasteiger partial charge in [-0.2, -0.15) is 47.0 Å². The molecule has 0 saturated carbocycles. The Morgan fingerprint density at radius 2 is 0.447 bits per heavy atom. The lowest BCUT2D eigenvalue weighted by atomic mass is 9.92. The smallest absolute Gasteiger partial charge is 0.119 e. The van der Waals surface area contributed by atoms with E-state index in [9.17, 15) is 0 Å². The summed E-state index contributed by atoms with van der Waals surface area (Å²) in [7, 11) is 0. The van der Waals surface area contributed by atoms with Gasteiger partial charge in [0.25, 0.3) is 0 Å². The molecule has 4 atom stereocenters. The van der Waals surface area contributed by atoms with Gasteiger partial charge in [0, 0.05) is 68.9 Å². The maximum Gasteiger partial charge on any atom is 0.119 e. The normalized spacial score (nSPS) is 18.3. The Kier molecular flexibility index (Phi) is 19.6. The summed E-state index contributed by atoms with van der Waals surface area (Å²) >= 11 is 7.69. The van der Waals surface area contributed by atoms with Gasteiger partial charge in [-0.3, -0.25) is 20.0 Å². The van der Waals surface area contributed by atoms with E-state index in [1.54, 1.807) is 0 Å². The summed E-state index contributed by atoms with van der Waals surface area (Å²) in [4.78, 5) is 18.9. The van der Waals surface area contributed by atoms with Crippen LogP contribution >= 0.6 is 47.0 Å². The van der Waals surface area contributed by atoms with Crippen LogP contribution in [0.2, 0.25) is 0 Å². The van der Waals surface area contributed by atoms with Crippen LogP contribution in [0.1, 0.15) is 22.3 Å². The molecule has 0 aliphatic carbocycles. The van der Waals surface area contributed by atoms with E-state index in [0.717, 1.165) is 94.4 Å². The third kappa shape index (κ3) is 19.1. The van der Waals surface area contributed by atoms with Crippen LogP contribution in [0.5, 0.6) is 46.0 Å². The number of thioether (sulfide) groups is 4. The number of hydrogen-bond acceptors (Lipinski definition) is 16. The fourth-order valence-corrected chi connectivity index (χ4v) is 9.91. The average Bonchev–Trinajstić information content (AvgIpc) is 4.34. The van der Waals surface area contributed by atoms with Crippen LogP contribution in [-0.2, 0) is 0 Å². The summed E-state index contributed by atoms with van der Waals surface area (Å²) in [5.41, 5.74) is 6.21. The lowest BCUT2D eigenvalue weighted by Gasteiger charge is -2.33. The van der Waals surface area contributed by atoms with Gasteiger partial charge < -0.3 is 37.9 Å². The molecule has 0 spiro atoms. The van der Waals surface area contributed by atoms with Crippen LogP contribution < -0.4 is 37.9 Å². The number of hydrogen-bond donors (Lipinski definition) is 0. The van der Waals surface area contributed by atoms with Gasteiger partial charge in [0.15, 0.2) is 0 Å². The number of rotatable bonds is 32. The van der Waals surface area contributed by atoms with E-state index in [0.29, 0.717) is 44.0 Å². The third-order valence-electron chi connectivity index (χ3n) is 13.9. The Morgan fingerprint density at radius 1 is 0.271 bits per heavy atom. The molecule has 0 amide bonds. The molecule has 8 aromatic carbocycles. The first-order valence-electron chi connectivity index (χ1n) is 28.4. The number of aliphatic imine (C=N–C) groups is 4. The van der Waals surface area contributed by atoms with Crippen molar-refractivity contribution in [2.75, 3.05) is 75.9 Å². The van der Waals surface area contributed by atoms with Gasteiger partial charge in [-0.1, -0.05) is 0 Å². The maximum absolute atomic E-state index is 6.71. The molecule has 85 heavy (non-hydrogen) atoms. The summed E-state index contributed by atoms with van der Waals surface area (Å²) in [5.74, 6) is 10.8. The highest BCUT2D eigenvalue weighted by Gasteiger charge is 2.36. The molecular formula is C69H64N4O8S4. The standard InChI is InChI=1S/C69H64N4O8S4/c1-17-61(18-2-49(1)33-70-53-9-25-57(26-10-53)74-37-65-41-82-65)78-45-69(46-79-62-19-3-50(4-20-62)34-71-54-11-27-58(28-12-54)75-38-66-42-83-66,47-80-63-21-5-51(6-22-63)35-72-55-13-29-59(30-14-55)76-39-67-43-84-67)48-81-64-23-7-52(8-24-64)36-73-56-15-31-60(32-16-56)77-40-68-44-85-68/h1-36,65-68H,37-48H2. The van der Waals surface area contributed by atoms with E-state index in [4.69, 9.17) is 57.9 Å². The molecule has 432 valence electrons. The largest absolute Gasteiger partial charge is 0.493 e. The first kappa shape index (κ1) is 57.7. The zero-order valence-corrected chi connectivity index (χ0v) is 50.0. The molecule has 12 rings (SSSR count). The molecule has 16 heteroatoms. The third-order valence-corrected chi connectivity index (χ3v) is 17.6. The predicted molar refractivity (Wildman–Crippen MR) is 352 cm³/mol. The fraction of sp³-hybridized carbons (Fsp3) is 0.246. The SMILES string of the molecule is C(=Nc1ccc(OCC2CS2)cc1)c1ccc(OCC(COc2ccc(C=Nc3ccc(OCC4CS4)cc3)cc2)(COc2ccc(C=Nc3ccc(OCC4CS4)cc3)cc2)COc2ccc(C=Nc3ccc(OCC4CS4)cc3)cc2)cc1. The van der Waals surface area contributed by atoms with Crippen LogP contribution in [0.4, 0.5) is 22.7 Å². The topological polar surface area (TPSA) is 123 Å². The van der Waals surface area contributed by atoms with E-state index in [1.165, 1.54) is 23.0 Å². The molecule has 4 fully saturated rings. The second-order valence-corrected chi connectivity index (χ2v) is 26.3. The van der Waals surface area contributed by atoms with Crippen LogP contribution in [0.25, 0.3) is 0 Å². The minimum Gasteiger partial charge on any atom is -0.493 e. The Balaban J connectivity index is 0.750. The van der Waals surface area contributed by atoms with Crippen molar-refractivity contribution in [3.05, 3.63) is 216 Å². The Hall–Kier alpha value is -7.76. The molecule has 4 aliphatic heterocycles. The Bertz CT molecular complexity index is 3030. The molecule has 0 aromatic heterocycles. The molecule has 0 bridgehead atoms. The molecule has 8 aromatic rings. The van der Waals surface area contributed by atoms with Gasteiger partial charge in [0.2, 0.25) is 0 Å². The van der Waals surface area contributed by atoms with Gasteiger partial charge in [0.05, 0.1) is 22.7 Å². The van der Waals surface area contributed by atoms with Crippen molar-refractivity contribution in [2.45, 2.75) is 21.0 Å². The quantitative estimate of drug-likeness (QED) is 0.0295. The van der Waals surface area contributed by atoms with Crippen molar-refractivity contribution < 1.29 is 37.9 Å². The van der Waals surface area contributed by atoms with Crippen molar-refractivity contribution in [3.8, 4) is 46.0 Å². The molecule has 0 N–H and O–H groups in total. The van der Waals surface area contributed by atoms with Crippen molar-refractivity contribution in [1.82, 2.24) is 0 Å². The number of nitrogens with zero attached hydrogens (tertiary/aromatic N) is 4. The minimum atomic E-state index is -0.859.